The molecule has 0 bridgehead atoms. The van der Waals surface area contributed by atoms with Crippen molar-refractivity contribution in [2.75, 3.05) is 19.1 Å². The third-order valence-electron chi connectivity index (χ3n) is 3.36. The SMILES string of the molecule is O=C(Cc1cccc(Br)c1)NC1(CCl)CCOCC1. The van der Waals surface area contributed by atoms with Crippen LogP contribution in [0, 0.1) is 0 Å². The Bertz CT molecular complexity index is 447. The van der Waals surface area contributed by atoms with Gasteiger partial charge in [-0.3, -0.25) is 4.79 Å². The first-order valence-corrected chi connectivity index (χ1v) is 7.65. The van der Waals surface area contributed by atoms with E-state index < -0.39 is 0 Å². The van der Waals surface area contributed by atoms with Crippen LogP contribution >= 0.6 is 27.5 Å². The van der Waals surface area contributed by atoms with Gasteiger partial charge in [0.05, 0.1) is 12.0 Å². The number of rotatable bonds is 4. The van der Waals surface area contributed by atoms with Crippen molar-refractivity contribution in [3.8, 4) is 0 Å². The van der Waals surface area contributed by atoms with Crippen molar-refractivity contribution in [1.82, 2.24) is 5.32 Å². The standard InChI is InChI=1S/C14H17BrClNO2/c15-12-3-1-2-11(8-12)9-13(18)17-14(10-16)4-6-19-7-5-14/h1-3,8H,4-7,9-10H2,(H,17,18). The molecule has 19 heavy (non-hydrogen) atoms. The van der Waals surface area contributed by atoms with E-state index in [4.69, 9.17) is 16.3 Å². The molecule has 0 radical (unpaired) electrons. The number of ether oxygens (including phenoxy) is 1. The number of carbonyl (C=O) groups excluding carboxylic acids is 1. The average Bonchev–Trinajstić information content (AvgIpc) is 2.39. The van der Waals surface area contributed by atoms with Crippen molar-refractivity contribution in [1.29, 1.82) is 0 Å². The highest BCUT2D eigenvalue weighted by Crippen LogP contribution is 2.22. The second kappa shape index (κ2) is 6.73. The van der Waals surface area contributed by atoms with Crippen LogP contribution in [0.1, 0.15) is 18.4 Å². The molecule has 1 N–H and O–H groups in total. The van der Waals surface area contributed by atoms with Gasteiger partial charge in [-0.05, 0) is 30.5 Å². The lowest BCUT2D eigenvalue weighted by Crippen LogP contribution is -2.53. The zero-order valence-corrected chi connectivity index (χ0v) is 13.0. The molecule has 3 nitrogen and oxygen atoms in total. The summed E-state index contributed by atoms with van der Waals surface area (Å²) < 4.78 is 6.31. The van der Waals surface area contributed by atoms with E-state index in [1.54, 1.807) is 0 Å². The van der Waals surface area contributed by atoms with Gasteiger partial charge in [0.25, 0.3) is 0 Å². The molecule has 1 aliphatic rings. The Morgan fingerprint density at radius 3 is 2.79 bits per heavy atom. The van der Waals surface area contributed by atoms with E-state index in [9.17, 15) is 4.79 Å². The maximum absolute atomic E-state index is 12.1. The fraction of sp³-hybridized carbons (Fsp3) is 0.500. The van der Waals surface area contributed by atoms with Crippen LogP contribution in [0.25, 0.3) is 0 Å². The van der Waals surface area contributed by atoms with Crippen LogP contribution in [-0.2, 0) is 16.0 Å². The molecule has 0 aliphatic carbocycles. The Labute approximate surface area is 126 Å². The predicted octanol–water partition coefficient (Wildman–Crippen LogP) is 2.90. The van der Waals surface area contributed by atoms with Gasteiger partial charge in [-0.15, -0.1) is 11.6 Å². The second-order valence-corrected chi connectivity index (χ2v) is 6.06. The molecule has 2 rings (SSSR count). The first kappa shape index (κ1) is 14.8. The highest BCUT2D eigenvalue weighted by Gasteiger charge is 2.33. The van der Waals surface area contributed by atoms with Crippen LogP contribution < -0.4 is 5.32 Å². The first-order valence-electron chi connectivity index (χ1n) is 6.33. The summed E-state index contributed by atoms with van der Waals surface area (Å²) in [6, 6.07) is 7.78. The Morgan fingerprint density at radius 1 is 1.42 bits per heavy atom. The third kappa shape index (κ3) is 4.20. The first-order chi connectivity index (χ1) is 9.13. The average molecular weight is 347 g/mol. The molecule has 0 saturated carbocycles. The van der Waals surface area contributed by atoms with Gasteiger partial charge in [-0.1, -0.05) is 28.1 Å². The maximum atomic E-state index is 12.1. The third-order valence-corrected chi connectivity index (χ3v) is 4.37. The van der Waals surface area contributed by atoms with Crippen LogP contribution in [0.2, 0.25) is 0 Å². The molecular weight excluding hydrogens is 330 g/mol. The fourth-order valence-electron chi connectivity index (χ4n) is 2.23. The molecule has 1 heterocycles. The number of amides is 1. The van der Waals surface area contributed by atoms with Crippen molar-refractivity contribution >= 4 is 33.4 Å². The molecule has 1 amide bonds. The number of nitrogens with one attached hydrogen (secondary N) is 1. The highest BCUT2D eigenvalue weighted by atomic mass is 79.9. The van der Waals surface area contributed by atoms with E-state index in [1.165, 1.54) is 0 Å². The zero-order valence-electron chi connectivity index (χ0n) is 10.6. The zero-order chi connectivity index (χ0) is 13.7. The van der Waals surface area contributed by atoms with E-state index in [-0.39, 0.29) is 11.4 Å². The van der Waals surface area contributed by atoms with Gasteiger partial charge in [0.2, 0.25) is 5.91 Å². The number of halogens is 2. The smallest absolute Gasteiger partial charge is 0.224 e. The van der Waals surface area contributed by atoms with Crippen molar-refractivity contribution in [3.05, 3.63) is 34.3 Å². The molecule has 1 fully saturated rings. The molecule has 1 aromatic rings. The molecular formula is C14H17BrClNO2. The van der Waals surface area contributed by atoms with Gasteiger partial charge < -0.3 is 10.1 Å². The molecule has 0 atom stereocenters. The Balaban J connectivity index is 1.96. The van der Waals surface area contributed by atoms with Crippen LogP contribution in [0.15, 0.2) is 28.7 Å². The molecule has 1 aromatic carbocycles. The van der Waals surface area contributed by atoms with E-state index in [2.05, 4.69) is 21.2 Å². The van der Waals surface area contributed by atoms with E-state index in [1.807, 2.05) is 24.3 Å². The van der Waals surface area contributed by atoms with Gasteiger partial charge in [-0.25, -0.2) is 0 Å². The summed E-state index contributed by atoms with van der Waals surface area (Å²) in [5, 5.41) is 3.08. The highest BCUT2D eigenvalue weighted by molar-refractivity contribution is 9.10. The van der Waals surface area contributed by atoms with Crippen LogP contribution in [-0.4, -0.2) is 30.5 Å². The lowest BCUT2D eigenvalue weighted by molar-refractivity contribution is -0.123. The number of hydrogen-bond acceptors (Lipinski definition) is 2. The summed E-state index contributed by atoms with van der Waals surface area (Å²) in [6.07, 6.45) is 1.93. The number of carbonyl (C=O) groups is 1. The van der Waals surface area contributed by atoms with Crippen molar-refractivity contribution < 1.29 is 9.53 Å². The van der Waals surface area contributed by atoms with E-state index in [0.29, 0.717) is 25.5 Å². The normalized spacial score (nSPS) is 18.0. The molecule has 1 aliphatic heterocycles. The quantitative estimate of drug-likeness (QED) is 0.851. The van der Waals surface area contributed by atoms with Gasteiger partial charge in [0, 0.05) is 23.6 Å². The summed E-state index contributed by atoms with van der Waals surface area (Å²) >= 11 is 9.44. The summed E-state index contributed by atoms with van der Waals surface area (Å²) in [4.78, 5) is 12.1. The molecule has 0 aromatic heterocycles. The van der Waals surface area contributed by atoms with Crippen LogP contribution in [0.5, 0.6) is 0 Å². The predicted molar refractivity (Wildman–Crippen MR) is 79.5 cm³/mol. The molecule has 1 saturated heterocycles. The van der Waals surface area contributed by atoms with Gasteiger partial charge in [-0.2, -0.15) is 0 Å². The molecule has 104 valence electrons. The van der Waals surface area contributed by atoms with Gasteiger partial charge in [0.15, 0.2) is 0 Å². The van der Waals surface area contributed by atoms with Crippen molar-refractivity contribution in [3.63, 3.8) is 0 Å². The molecule has 0 unspecified atom stereocenters. The lowest BCUT2D eigenvalue weighted by atomic mass is 9.92. The Kier molecular flexibility index (Phi) is 5.25. The molecule has 0 spiro atoms. The minimum absolute atomic E-state index is 0.0145. The second-order valence-electron chi connectivity index (χ2n) is 4.88. The van der Waals surface area contributed by atoms with E-state index in [0.717, 1.165) is 22.9 Å². The summed E-state index contributed by atoms with van der Waals surface area (Å²) in [7, 11) is 0. The number of alkyl halides is 1. The minimum atomic E-state index is -0.303. The Hall–Kier alpha value is -0.580. The van der Waals surface area contributed by atoms with Crippen LogP contribution in [0.4, 0.5) is 0 Å². The Morgan fingerprint density at radius 2 is 2.16 bits per heavy atom. The topological polar surface area (TPSA) is 38.3 Å². The van der Waals surface area contributed by atoms with Crippen LogP contribution in [0.3, 0.4) is 0 Å². The lowest BCUT2D eigenvalue weighted by Gasteiger charge is -2.36. The van der Waals surface area contributed by atoms with Gasteiger partial charge in [0.1, 0.15) is 0 Å². The minimum Gasteiger partial charge on any atom is -0.381 e. The number of benzene rings is 1. The largest absolute Gasteiger partial charge is 0.381 e. The van der Waals surface area contributed by atoms with Crippen molar-refractivity contribution in [2.45, 2.75) is 24.8 Å². The molecule has 5 heteroatoms. The van der Waals surface area contributed by atoms with Crippen molar-refractivity contribution in [2.24, 2.45) is 0 Å². The summed E-state index contributed by atoms with van der Waals surface area (Å²) in [5.41, 5.74) is 0.687. The number of hydrogen-bond donors (Lipinski definition) is 1. The van der Waals surface area contributed by atoms with Gasteiger partial charge >= 0.3 is 0 Å². The summed E-state index contributed by atoms with van der Waals surface area (Å²) in [6.45, 7) is 1.31. The summed E-state index contributed by atoms with van der Waals surface area (Å²) in [5.74, 6) is 0.446. The van der Waals surface area contributed by atoms with E-state index >= 15 is 0 Å². The monoisotopic (exact) mass is 345 g/mol. The maximum Gasteiger partial charge on any atom is 0.224 e. The fourth-order valence-corrected chi connectivity index (χ4v) is 3.01.